The second-order valence-electron chi connectivity index (χ2n) is 5.18. The highest BCUT2D eigenvalue weighted by Crippen LogP contribution is 2.32. The third kappa shape index (κ3) is 2.26. The highest BCUT2D eigenvalue weighted by Gasteiger charge is 2.38. The summed E-state index contributed by atoms with van der Waals surface area (Å²) in [5, 5.41) is 3.28. The lowest BCUT2D eigenvalue weighted by atomic mass is 9.71. The highest BCUT2D eigenvalue weighted by molar-refractivity contribution is 5.33. The van der Waals surface area contributed by atoms with Gasteiger partial charge in [0, 0.05) is 18.5 Å². The van der Waals surface area contributed by atoms with Crippen molar-refractivity contribution < 1.29 is 8.78 Å². The number of hydrogen-bond donors (Lipinski definition) is 1. The Balaban J connectivity index is 1.89. The van der Waals surface area contributed by atoms with Crippen LogP contribution < -0.4 is 5.32 Å². The van der Waals surface area contributed by atoms with Crippen LogP contribution in [-0.4, -0.2) is 13.1 Å². The van der Waals surface area contributed by atoms with E-state index in [0.29, 0.717) is 0 Å². The first-order valence-electron chi connectivity index (χ1n) is 6.40. The molecule has 1 aliphatic heterocycles. The molecule has 1 aliphatic rings. The Hall–Kier alpha value is -1.74. The minimum atomic E-state index is -0.788. The van der Waals surface area contributed by atoms with Crippen molar-refractivity contribution >= 4 is 0 Å². The van der Waals surface area contributed by atoms with E-state index in [4.69, 9.17) is 0 Å². The normalized spacial score (nSPS) is 16.9. The number of halogens is 2. The fourth-order valence-electron chi connectivity index (χ4n) is 2.69. The monoisotopic (exact) mass is 259 g/mol. The Morgan fingerprint density at radius 1 is 0.947 bits per heavy atom. The summed E-state index contributed by atoms with van der Waals surface area (Å²) in [7, 11) is 0. The van der Waals surface area contributed by atoms with E-state index in [9.17, 15) is 8.78 Å². The van der Waals surface area contributed by atoms with E-state index >= 15 is 0 Å². The predicted molar refractivity (Wildman–Crippen MR) is 71.1 cm³/mol. The molecule has 0 radical (unpaired) electrons. The van der Waals surface area contributed by atoms with Crippen LogP contribution in [0, 0.1) is 11.6 Å². The molecule has 0 bridgehead atoms. The Morgan fingerprint density at radius 3 is 2.26 bits per heavy atom. The Morgan fingerprint density at radius 2 is 1.68 bits per heavy atom. The molecule has 1 heterocycles. The first-order chi connectivity index (χ1) is 9.20. The van der Waals surface area contributed by atoms with Crippen molar-refractivity contribution in [3.8, 4) is 0 Å². The molecular formula is C16H15F2N. The first-order valence-corrected chi connectivity index (χ1v) is 6.40. The molecule has 0 aliphatic carbocycles. The molecule has 1 saturated heterocycles. The summed E-state index contributed by atoms with van der Waals surface area (Å²) in [6.07, 6.45) is 0.723. The molecule has 0 aromatic heterocycles. The number of nitrogens with one attached hydrogen (secondary N) is 1. The van der Waals surface area contributed by atoms with Gasteiger partial charge in [0.2, 0.25) is 0 Å². The second-order valence-corrected chi connectivity index (χ2v) is 5.18. The van der Waals surface area contributed by atoms with Crippen LogP contribution in [0.15, 0.2) is 48.5 Å². The summed E-state index contributed by atoms with van der Waals surface area (Å²) >= 11 is 0. The Labute approximate surface area is 111 Å². The minimum absolute atomic E-state index is 0.00549. The van der Waals surface area contributed by atoms with Crippen molar-refractivity contribution in [2.75, 3.05) is 13.1 Å². The van der Waals surface area contributed by atoms with Gasteiger partial charge in [-0.2, -0.15) is 0 Å². The standard InChI is InChI=1S/C16H15F2N/c17-14-7-6-12(8-15(14)18)9-16(10-19-11-16)13-4-2-1-3-5-13/h1-8,19H,9-11H2. The summed E-state index contributed by atoms with van der Waals surface area (Å²) in [4.78, 5) is 0. The quantitative estimate of drug-likeness (QED) is 0.893. The van der Waals surface area contributed by atoms with E-state index in [1.807, 2.05) is 18.2 Å². The minimum Gasteiger partial charge on any atom is -0.315 e. The van der Waals surface area contributed by atoms with Crippen molar-refractivity contribution in [3.63, 3.8) is 0 Å². The predicted octanol–water partition coefficient (Wildman–Crippen LogP) is 3.05. The summed E-state index contributed by atoms with van der Waals surface area (Å²) in [5.74, 6) is -1.56. The van der Waals surface area contributed by atoms with E-state index in [0.717, 1.165) is 25.1 Å². The maximum absolute atomic E-state index is 13.3. The van der Waals surface area contributed by atoms with Crippen molar-refractivity contribution in [2.24, 2.45) is 0 Å². The maximum atomic E-state index is 13.3. The van der Waals surface area contributed by atoms with Gasteiger partial charge in [0.1, 0.15) is 0 Å². The Bertz CT molecular complexity index is 577. The van der Waals surface area contributed by atoms with Gasteiger partial charge in [0.15, 0.2) is 11.6 Å². The Kier molecular flexibility index (Phi) is 3.07. The van der Waals surface area contributed by atoms with Crippen LogP contribution in [0.4, 0.5) is 8.78 Å². The zero-order valence-electron chi connectivity index (χ0n) is 10.5. The van der Waals surface area contributed by atoms with Gasteiger partial charge in [0.25, 0.3) is 0 Å². The van der Waals surface area contributed by atoms with Gasteiger partial charge < -0.3 is 5.32 Å². The molecular weight excluding hydrogens is 244 g/mol. The molecule has 0 atom stereocenters. The number of benzene rings is 2. The third-order valence-electron chi connectivity index (χ3n) is 3.84. The van der Waals surface area contributed by atoms with Crippen molar-refractivity contribution in [1.29, 1.82) is 0 Å². The van der Waals surface area contributed by atoms with Crippen LogP contribution in [-0.2, 0) is 11.8 Å². The summed E-state index contributed by atoms with van der Waals surface area (Å²) < 4.78 is 26.3. The molecule has 98 valence electrons. The highest BCUT2D eigenvalue weighted by atomic mass is 19.2. The number of rotatable bonds is 3. The molecule has 0 spiro atoms. The largest absolute Gasteiger partial charge is 0.315 e. The van der Waals surface area contributed by atoms with Gasteiger partial charge in [-0.25, -0.2) is 8.78 Å². The molecule has 3 rings (SSSR count). The molecule has 0 unspecified atom stereocenters. The molecule has 0 amide bonds. The van der Waals surface area contributed by atoms with E-state index < -0.39 is 11.6 Å². The van der Waals surface area contributed by atoms with Crippen LogP contribution >= 0.6 is 0 Å². The smallest absolute Gasteiger partial charge is 0.159 e. The molecule has 1 N–H and O–H groups in total. The van der Waals surface area contributed by atoms with Gasteiger partial charge in [-0.1, -0.05) is 36.4 Å². The van der Waals surface area contributed by atoms with Crippen molar-refractivity contribution in [2.45, 2.75) is 11.8 Å². The lowest BCUT2D eigenvalue weighted by molar-refractivity contribution is 0.274. The average molecular weight is 259 g/mol. The van der Waals surface area contributed by atoms with Crippen LogP contribution in [0.1, 0.15) is 11.1 Å². The molecule has 1 fully saturated rings. The van der Waals surface area contributed by atoms with Gasteiger partial charge in [-0.05, 0) is 29.7 Å². The molecule has 19 heavy (non-hydrogen) atoms. The van der Waals surface area contributed by atoms with Crippen LogP contribution in [0.2, 0.25) is 0 Å². The molecule has 0 saturated carbocycles. The van der Waals surface area contributed by atoms with Gasteiger partial charge >= 0.3 is 0 Å². The zero-order chi connectivity index (χ0) is 13.3. The van der Waals surface area contributed by atoms with Crippen LogP contribution in [0.3, 0.4) is 0 Å². The summed E-state index contributed by atoms with van der Waals surface area (Å²) in [5.41, 5.74) is 2.09. The molecule has 2 aromatic rings. The van der Waals surface area contributed by atoms with E-state index in [2.05, 4.69) is 17.4 Å². The van der Waals surface area contributed by atoms with Gasteiger partial charge in [0.05, 0.1) is 0 Å². The second kappa shape index (κ2) is 4.74. The van der Waals surface area contributed by atoms with E-state index in [1.54, 1.807) is 6.07 Å². The number of hydrogen-bond acceptors (Lipinski definition) is 1. The average Bonchev–Trinajstić information content (AvgIpc) is 2.39. The van der Waals surface area contributed by atoms with Gasteiger partial charge in [-0.3, -0.25) is 0 Å². The zero-order valence-corrected chi connectivity index (χ0v) is 10.5. The van der Waals surface area contributed by atoms with Crippen molar-refractivity contribution in [3.05, 3.63) is 71.3 Å². The third-order valence-corrected chi connectivity index (χ3v) is 3.84. The fraction of sp³-hybridized carbons (Fsp3) is 0.250. The van der Waals surface area contributed by atoms with Crippen LogP contribution in [0.25, 0.3) is 0 Å². The summed E-state index contributed by atoms with van der Waals surface area (Å²) in [6.45, 7) is 1.74. The molecule has 3 heteroatoms. The van der Waals surface area contributed by atoms with Crippen molar-refractivity contribution in [1.82, 2.24) is 5.32 Å². The van der Waals surface area contributed by atoms with Gasteiger partial charge in [-0.15, -0.1) is 0 Å². The van der Waals surface area contributed by atoms with Crippen LogP contribution in [0.5, 0.6) is 0 Å². The topological polar surface area (TPSA) is 12.0 Å². The van der Waals surface area contributed by atoms with E-state index in [1.165, 1.54) is 17.7 Å². The lowest BCUT2D eigenvalue weighted by Gasteiger charge is -2.43. The lowest BCUT2D eigenvalue weighted by Crippen LogP contribution is -2.58. The first kappa shape index (κ1) is 12.3. The SMILES string of the molecule is Fc1ccc(CC2(c3ccccc3)CNC2)cc1F. The maximum Gasteiger partial charge on any atom is 0.159 e. The fourth-order valence-corrected chi connectivity index (χ4v) is 2.69. The van der Waals surface area contributed by atoms with E-state index in [-0.39, 0.29) is 5.41 Å². The molecule has 1 nitrogen and oxygen atoms in total. The summed E-state index contributed by atoms with van der Waals surface area (Å²) in [6, 6.07) is 14.4. The molecule has 2 aromatic carbocycles.